The van der Waals surface area contributed by atoms with Gasteiger partial charge in [-0.25, -0.2) is 0 Å². The second-order valence-corrected chi connectivity index (χ2v) is 5.23. The topological polar surface area (TPSA) is 40.5 Å². The third-order valence-corrected chi connectivity index (χ3v) is 3.73. The molecule has 0 aromatic carbocycles. The van der Waals surface area contributed by atoms with Crippen LogP contribution in [0, 0.1) is 0 Å². The maximum Gasteiger partial charge on any atom is 0.0520 e. The van der Waals surface area contributed by atoms with Gasteiger partial charge in [-0.1, -0.05) is 0 Å². The fraction of sp³-hybridized carbons (Fsp3) is 1.00. The summed E-state index contributed by atoms with van der Waals surface area (Å²) in [5.74, 6) is 2.07. The Labute approximate surface area is 83.1 Å². The van der Waals surface area contributed by atoms with E-state index in [0.717, 1.165) is 29.4 Å². The van der Waals surface area contributed by atoms with Crippen LogP contribution < -0.4 is 0 Å². The summed E-state index contributed by atoms with van der Waals surface area (Å²) in [7, 11) is 0. The highest BCUT2D eigenvalue weighted by molar-refractivity contribution is 8.15. The number of aliphatic hydroxyl groups is 2. The normalized spacial score (nSPS) is 13.2. The Kier molecular flexibility index (Phi) is 10.2. The van der Waals surface area contributed by atoms with E-state index in [4.69, 9.17) is 10.2 Å². The lowest BCUT2D eigenvalue weighted by Crippen LogP contribution is -2.00. The zero-order valence-electron chi connectivity index (χ0n) is 7.53. The van der Waals surface area contributed by atoms with Crippen molar-refractivity contribution in [1.29, 1.82) is 0 Å². The van der Waals surface area contributed by atoms with Crippen molar-refractivity contribution in [3.05, 3.63) is 0 Å². The molecule has 2 N–H and O–H groups in total. The molecule has 0 aliphatic carbocycles. The van der Waals surface area contributed by atoms with Gasteiger partial charge in [0.1, 0.15) is 0 Å². The highest BCUT2D eigenvalue weighted by Crippen LogP contribution is 2.14. The Morgan fingerprint density at radius 1 is 1.25 bits per heavy atom. The van der Waals surface area contributed by atoms with Crippen molar-refractivity contribution in [1.82, 2.24) is 0 Å². The average Bonchev–Trinajstić information content (AvgIpc) is 2.02. The number of hydrogen-bond acceptors (Lipinski definition) is 4. The van der Waals surface area contributed by atoms with Crippen molar-refractivity contribution < 1.29 is 10.2 Å². The van der Waals surface area contributed by atoms with Gasteiger partial charge in [-0.15, -0.1) is 0 Å². The number of rotatable bonds is 8. The molecule has 0 fully saturated rings. The first-order valence-electron chi connectivity index (χ1n) is 4.21. The van der Waals surface area contributed by atoms with Gasteiger partial charge in [0.25, 0.3) is 0 Å². The third-order valence-electron chi connectivity index (χ3n) is 1.29. The molecule has 0 bridgehead atoms. The quantitative estimate of drug-likeness (QED) is 0.471. The van der Waals surface area contributed by atoms with Crippen molar-refractivity contribution >= 4 is 23.5 Å². The number of thioether (sulfide) groups is 2. The highest BCUT2D eigenvalue weighted by Gasteiger charge is 1.95. The largest absolute Gasteiger partial charge is 0.396 e. The van der Waals surface area contributed by atoms with Crippen LogP contribution in [0.4, 0.5) is 0 Å². The monoisotopic (exact) mass is 210 g/mol. The molecule has 0 saturated carbocycles. The summed E-state index contributed by atoms with van der Waals surface area (Å²) in [5, 5.41) is 18.5. The fourth-order valence-electron chi connectivity index (χ4n) is 0.597. The van der Waals surface area contributed by atoms with Crippen LogP contribution in [0.5, 0.6) is 0 Å². The standard InChI is InChI=1S/C8H18O2S2/c1-8(10)3-6-12-7-11-5-2-4-9/h8-10H,2-7H2,1H3. The molecule has 0 aromatic rings. The number of hydrogen-bond donors (Lipinski definition) is 2. The summed E-state index contributed by atoms with van der Waals surface area (Å²) in [6.07, 6.45) is 1.60. The molecule has 0 heterocycles. The summed E-state index contributed by atoms with van der Waals surface area (Å²) < 4.78 is 0. The minimum Gasteiger partial charge on any atom is -0.396 e. The summed E-state index contributed by atoms with van der Waals surface area (Å²) in [6.45, 7) is 2.12. The van der Waals surface area contributed by atoms with Crippen LogP contribution in [0.1, 0.15) is 19.8 Å². The van der Waals surface area contributed by atoms with Crippen LogP contribution in [-0.2, 0) is 0 Å². The lowest BCUT2D eigenvalue weighted by atomic mass is 10.3. The van der Waals surface area contributed by atoms with E-state index in [2.05, 4.69) is 0 Å². The van der Waals surface area contributed by atoms with Gasteiger partial charge in [-0.3, -0.25) is 0 Å². The molecule has 0 amide bonds. The van der Waals surface area contributed by atoms with Crippen molar-refractivity contribution in [2.75, 3.05) is 23.2 Å². The molecular weight excluding hydrogens is 192 g/mol. The first kappa shape index (κ1) is 12.6. The molecule has 2 nitrogen and oxygen atoms in total. The third kappa shape index (κ3) is 10.6. The fourth-order valence-corrected chi connectivity index (χ4v) is 2.85. The van der Waals surface area contributed by atoms with E-state index in [1.807, 2.05) is 30.4 Å². The molecule has 0 radical (unpaired) electrons. The zero-order valence-corrected chi connectivity index (χ0v) is 9.16. The van der Waals surface area contributed by atoms with E-state index >= 15 is 0 Å². The average molecular weight is 210 g/mol. The molecule has 1 unspecified atom stereocenters. The smallest absolute Gasteiger partial charge is 0.0520 e. The van der Waals surface area contributed by atoms with Gasteiger partial charge in [0.15, 0.2) is 0 Å². The summed E-state index contributed by atoms with van der Waals surface area (Å²) >= 11 is 3.70. The van der Waals surface area contributed by atoms with Crippen LogP contribution in [0.2, 0.25) is 0 Å². The van der Waals surface area contributed by atoms with Crippen LogP contribution in [-0.4, -0.2) is 39.5 Å². The molecule has 4 heteroatoms. The Morgan fingerprint density at radius 3 is 2.50 bits per heavy atom. The summed E-state index contributed by atoms with van der Waals surface area (Å²) in [6, 6.07) is 0. The molecule has 0 rings (SSSR count). The van der Waals surface area contributed by atoms with Crippen LogP contribution in [0.25, 0.3) is 0 Å². The van der Waals surface area contributed by atoms with Gasteiger partial charge in [-0.05, 0) is 31.3 Å². The molecule has 0 saturated heterocycles. The molecule has 1 atom stereocenters. The minimum atomic E-state index is -0.167. The second-order valence-electron chi connectivity index (χ2n) is 2.65. The molecular formula is C8H18O2S2. The number of aliphatic hydroxyl groups excluding tert-OH is 2. The van der Waals surface area contributed by atoms with Crippen molar-refractivity contribution in [2.24, 2.45) is 0 Å². The Morgan fingerprint density at radius 2 is 1.92 bits per heavy atom. The van der Waals surface area contributed by atoms with Gasteiger partial charge in [-0.2, -0.15) is 23.5 Å². The second kappa shape index (κ2) is 9.71. The lowest BCUT2D eigenvalue weighted by Gasteiger charge is -2.03. The van der Waals surface area contributed by atoms with Crippen LogP contribution in [0.15, 0.2) is 0 Å². The Balaban J connectivity index is 2.82. The summed E-state index contributed by atoms with van der Waals surface area (Å²) in [4.78, 5) is 0. The van der Waals surface area contributed by atoms with E-state index in [-0.39, 0.29) is 6.10 Å². The first-order valence-corrected chi connectivity index (χ1v) is 6.52. The van der Waals surface area contributed by atoms with Gasteiger partial charge in [0, 0.05) is 11.7 Å². The first-order chi connectivity index (χ1) is 5.77. The van der Waals surface area contributed by atoms with Crippen LogP contribution >= 0.6 is 23.5 Å². The Hall–Kier alpha value is 0.620. The molecule has 0 aromatic heterocycles. The van der Waals surface area contributed by atoms with E-state index in [1.54, 1.807) is 0 Å². The molecule has 0 aliphatic heterocycles. The summed E-state index contributed by atoms with van der Waals surface area (Å²) in [5.41, 5.74) is 0. The maximum atomic E-state index is 8.94. The zero-order chi connectivity index (χ0) is 9.23. The van der Waals surface area contributed by atoms with Gasteiger partial charge in [0.05, 0.1) is 6.10 Å². The minimum absolute atomic E-state index is 0.167. The highest BCUT2D eigenvalue weighted by atomic mass is 32.2. The van der Waals surface area contributed by atoms with E-state index in [0.29, 0.717) is 6.61 Å². The molecule has 0 spiro atoms. The Bertz CT molecular complexity index is 89.1. The van der Waals surface area contributed by atoms with E-state index in [1.165, 1.54) is 0 Å². The van der Waals surface area contributed by atoms with Gasteiger partial charge < -0.3 is 10.2 Å². The van der Waals surface area contributed by atoms with Crippen LogP contribution in [0.3, 0.4) is 0 Å². The SMILES string of the molecule is CC(O)CCSCSCCCO. The van der Waals surface area contributed by atoms with Crippen molar-refractivity contribution in [3.63, 3.8) is 0 Å². The van der Waals surface area contributed by atoms with Crippen molar-refractivity contribution in [3.8, 4) is 0 Å². The maximum absolute atomic E-state index is 8.94. The van der Waals surface area contributed by atoms with E-state index in [9.17, 15) is 0 Å². The molecule has 0 aliphatic rings. The molecule has 12 heavy (non-hydrogen) atoms. The van der Waals surface area contributed by atoms with Gasteiger partial charge in [0.2, 0.25) is 0 Å². The van der Waals surface area contributed by atoms with Gasteiger partial charge >= 0.3 is 0 Å². The van der Waals surface area contributed by atoms with Crippen molar-refractivity contribution in [2.45, 2.75) is 25.9 Å². The lowest BCUT2D eigenvalue weighted by molar-refractivity contribution is 0.192. The van der Waals surface area contributed by atoms with E-state index < -0.39 is 0 Å². The predicted molar refractivity (Wildman–Crippen MR) is 57.8 cm³/mol. The predicted octanol–water partition coefficient (Wildman–Crippen LogP) is 1.56. The molecule has 74 valence electrons.